The zero-order valence-corrected chi connectivity index (χ0v) is 22.3. The van der Waals surface area contributed by atoms with Gasteiger partial charge < -0.3 is 39.4 Å². The van der Waals surface area contributed by atoms with Gasteiger partial charge in [-0.25, -0.2) is 0 Å². The van der Waals surface area contributed by atoms with Gasteiger partial charge >= 0.3 is 5.97 Å². The van der Waals surface area contributed by atoms with E-state index >= 15 is 0 Å². The predicted molar refractivity (Wildman–Crippen MR) is 136 cm³/mol. The lowest BCUT2D eigenvalue weighted by atomic mass is 9.99. The van der Waals surface area contributed by atoms with Crippen LogP contribution < -0.4 is 0 Å². The number of aliphatic hydroxyl groups is 4. The molecule has 1 aliphatic heterocycles. The van der Waals surface area contributed by atoms with Crippen molar-refractivity contribution in [1.82, 2.24) is 0 Å². The van der Waals surface area contributed by atoms with Gasteiger partial charge in [-0.05, 0) is 32.1 Å². The van der Waals surface area contributed by atoms with Crippen LogP contribution in [0.15, 0.2) is 12.2 Å². The molecule has 1 heterocycles. The fourth-order valence-electron chi connectivity index (χ4n) is 3.88. The molecule has 0 saturated carbocycles. The number of hydrogen-bond acceptors (Lipinski definition) is 9. The van der Waals surface area contributed by atoms with Crippen LogP contribution in [0.25, 0.3) is 0 Å². The van der Waals surface area contributed by atoms with Gasteiger partial charge in [0.1, 0.15) is 30.5 Å². The van der Waals surface area contributed by atoms with Crippen LogP contribution in [-0.4, -0.2) is 89.6 Å². The van der Waals surface area contributed by atoms with Crippen LogP contribution in [0, 0.1) is 0 Å². The van der Waals surface area contributed by atoms with E-state index in [9.17, 15) is 25.2 Å². The summed E-state index contributed by atoms with van der Waals surface area (Å²) in [5.41, 5.74) is 0. The molecule has 1 aliphatic rings. The molecule has 1 fully saturated rings. The first kappa shape index (κ1) is 33.0. The summed E-state index contributed by atoms with van der Waals surface area (Å²) in [6.45, 7) is 4.20. The Labute approximate surface area is 216 Å². The molecule has 0 bridgehead atoms. The molecule has 9 nitrogen and oxygen atoms in total. The number of aliphatic hydroxyl groups excluding tert-OH is 4. The largest absolute Gasteiger partial charge is 0.457 e. The van der Waals surface area contributed by atoms with Gasteiger partial charge in [-0.3, -0.25) is 4.79 Å². The van der Waals surface area contributed by atoms with Crippen LogP contribution in [0.4, 0.5) is 0 Å². The fourth-order valence-corrected chi connectivity index (χ4v) is 3.88. The third-order valence-corrected chi connectivity index (χ3v) is 6.16. The Hall–Kier alpha value is -1.07. The van der Waals surface area contributed by atoms with Crippen molar-refractivity contribution >= 4 is 5.97 Å². The fraction of sp³-hybridized carbons (Fsp3) is 0.889. The van der Waals surface area contributed by atoms with E-state index in [0.717, 1.165) is 38.5 Å². The van der Waals surface area contributed by atoms with Gasteiger partial charge in [0.25, 0.3) is 0 Å². The number of ether oxygens (including phenoxy) is 4. The lowest BCUT2D eigenvalue weighted by molar-refractivity contribution is -0.305. The monoisotopic (exact) mass is 518 g/mol. The van der Waals surface area contributed by atoms with E-state index in [1.54, 1.807) is 0 Å². The Balaban J connectivity index is 2.33. The molecule has 1 saturated heterocycles. The zero-order valence-electron chi connectivity index (χ0n) is 22.3. The van der Waals surface area contributed by atoms with Gasteiger partial charge in [0, 0.05) is 13.0 Å². The molecule has 0 aliphatic carbocycles. The lowest BCUT2D eigenvalue weighted by Gasteiger charge is -2.39. The van der Waals surface area contributed by atoms with Crippen molar-refractivity contribution in [3.63, 3.8) is 0 Å². The molecule has 6 atom stereocenters. The highest BCUT2D eigenvalue weighted by atomic mass is 16.7. The highest BCUT2D eigenvalue weighted by molar-refractivity contribution is 5.69. The summed E-state index contributed by atoms with van der Waals surface area (Å²) in [5, 5.41) is 39.3. The Morgan fingerprint density at radius 1 is 0.861 bits per heavy atom. The van der Waals surface area contributed by atoms with Gasteiger partial charge in [0.15, 0.2) is 6.29 Å². The van der Waals surface area contributed by atoms with Crippen LogP contribution in [-0.2, 0) is 23.7 Å². The van der Waals surface area contributed by atoms with Crippen molar-refractivity contribution in [3.8, 4) is 0 Å². The molecule has 9 heteroatoms. The van der Waals surface area contributed by atoms with E-state index in [2.05, 4.69) is 19.1 Å². The molecule has 0 aromatic heterocycles. The average Bonchev–Trinajstić information content (AvgIpc) is 2.88. The van der Waals surface area contributed by atoms with Crippen LogP contribution >= 0.6 is 0 Å². The molecular weight excluding hydrogens is 468 g/mol. The van der Waals surface area contributed by atoms with E-state index < -0.39 is 43.4 Å². The molecule has 0 spiro atoms. The van der Waals surface area contributed by atoms with Gasteiger partial charge in [-0.15, -0.1) is 0 Å². The molecule has 0 aromatic carbocycles. The molecule has 36 heavy (non-hydrogen) atoms. The number of carbonyl (C=O) groups excluding carboxylic acids is 1. The molecule has 212 valence electrons. The first-order valence-corrected chi connectivity index (χ1v) is 13.8. The number of unbranched alkanes of at least 4 members (excludes halogenated alkanes) is 8. The highest BCUT2D eigenvalue weighted by Crippen LogP contribution is 2.22. The summed E-state index contributed by atoms with van der Waals surface area (Å²) in [6.07, 6.45) is 9.25. The number of allylic oxidation sites excluding steroid dienone is 2. The first-order chi connectivity index (χ1) is 17.4. The van der Waals surface area contributed by atoms with Crippen LogP contribution in [0.3, 0.4) is 0 Å². The minimum absolute atomic E-state index is 0.118. The highest BCUT2D eigenvalue weighted by Gasteiger charge is 2.44. The molecule has 1 rings (SSSR count). The minimum atomic E-state index is -1.53. The number of hydrogen-bond donors (Lipinski definition) is 4. The molecule has 4 N–H and O–H groups in total. The summed E-state index contributed by atoms with van der Waals surface area (Å²) >= 11 is 0. The summed E-state index contributed by atoms with van der Waals surface area (Å²) in [6, 6.07) is 0. The smallest absolute Gasteiger partial charge is 0.306 e. The molecule has 0 aromatic rings. The van der Waals surface area contributed by atoms with Crippen molar-refractivity contribution in [1.29, 1.82) is 0 Å². The van der Waals surface area contributed by atoms with E-state index in [1.807, 2.05) is 6.92 Å². The SMILES string of the molecule is CCC/C=C\CCCCCCCCOCC(COC1OC(CO)C(O)C(O)C1O)OC(=O)CCCC. The number of carbonyl (C=O) groups is 1. The summed E-state index contributed by atoms with van der Waals surface area (Å²) in [4.78, 5) is 12.1. The van der Waals surface area contributed by atoms with Gasteiger partial charge in [-0.2, -0.15) is 0 Å². The maximum absolute atomic E-state index is 12.1. The van der Waals surface area contributed by atoms with Gasteiger partial charge in [0.05, 0.1) is 19.8 Å². The van der Waals surface area contributed by atoms with E-state index in [-0.39, 0.29) is 19.2 Å². The average molecular weight is 519 g/mol. The van der Waals surface area contributed by atoms with E-state index in [1.165, 1.54) is 32.1 Å². The summed E-state index contributed by atoms with van der Waals surface area (Å²) in [5.74, 6) is -0.354. The second kappa shape index (κ2) is 20.9. The van der Waals surface area contributed by atoms with E-state index in [0.29, 0.717) is 13.0 Å². The molecular formula is C27H50O9. The lowest BCUT2D eigenvalue weighted by Crippen LogP contribution is -2.59. The quantitative estimate of drug-likeness (QED) is 0.103. The van der Waals surface area contributed by atoms with E-state index in [4.69, 9.17) is 18.9 Å². The standard InChI is InChI=1S/C27H50O9/c1-3-5-7-8-9-10-11-12-13-14-15-17-33-19-21(35-23(29)16-6-4-2)20-34-27-26(32)25(31)24(30)22(18-28)36-27/h7-8,21-22,24-28,30-32H,3-6,9-20H2,1-2H3/b8-7-. The van der Waals surface area contributed by atoms with Crippen molar-refractivity contribution in [2.75, 3.05) is 26.4 Å². The number of rotatable bonds is 21. The second-order valence-electron chi connectivity index (χ2n) is 9.49. The minimum Gasteiger partial charge on any atom is -0.457 e. The third kappa shape index (κ3) is 14.0. The normalized spacial score (nSPS) is 25.3. The Bertz CT molecular complexity index is 569. The molecule has 0 radical (unpaired) electrons. The predicted octanol–water partition coefficient (Wildman–Crippen LogP) is 3.01. The number of esters is 1. The van der Waals surface area contributed by atoms with Gasteiger partial charge in [0.2, 0.25) is 0 Å². The summed E-state index contributed by atoms with van der Waals surface area (Å²) < 4.78 is 22.1. The molecule has 0 amide bonds. The van der Waals surface area contributed by atoms with Crippen molar-refractivity contribution < 1.29 is 44.2 Å². The molecule has 6 unspecified atom stereocenters. The topological polar surface area (TPSA) is 135 Å². The van der Waals surface area contributed by atoms with Crippen LogP contribution in [0.5, 0.6) is 0 Å². The van der Waals surface area contributed by atoms with Crippen LogP contribution in [0.2, 0.25) is 0 Å². The van der Waals surface area contributed by atoms with Crippen molar-refractivity contribution in [2.45, 2.75) is 128 Å². The van der Waals surface area contributed by atoms with Crippen LogP contribution in [0.1, 0.15) is 90.9 Å². The van der Waals surface area contributed by atoms with Crippen molar-refractivity contribution in [2.24, 2.45) is 0 Å². The first-order valence-electron chi connectivity index (χ1n) is 13.8. The maximum Gasteiger partial charge on any atom is 0.306 e. The Kier molecular flexibility index (Phi) is 19.2. The van der Waals surface area contributed by atoms with Gasteiger partial charge in [-0.1, -0.05) is 64.5 Å². The summed E-state index contributed by atoms with van der Waals surface area (Å²) in [7, 11) is 0. The second-order valence-corrected chi connectivity index (χ2v) is 9.49. The zero-order chi connectivity index (χ0) is 26.6. The Morgan fingerprint density at radius 2 is 1.56 bits per heavy atom. The van der Waals surface area contributed by atoms with Crippen molar-refractivity contribution in [3.05, 3.63) is 12.2 Å². The maximum atomic E-state index is 12.1. The third-order valence-electron chi connectivity index (χ3n) is 6.16. The Morgan fingerprint density at radius 3 is 2.25 bits per heavy atom.